The third-order valence-corrected chi connectivity index (χ3v) is 5.36. The summed E-state index contributed by atoms with van der Waals surface area (Å²) in [5.74, 6) is 0.291. The Morgan fingerprint density at radius 1 is 1.30 bits per heavy atom. The van der Waals surface area contributed by atoms with Crippen LogP contribution in [-0.4, -0.2) is 39.5 Å². The SMILES string of the molecule is O=C(c1csnn1)N1CCC2NNC(c3ccc(Cl)cc3)C2C1. The van der Waals surface area contributed by atoms with Crippen LogP contribution < -0.4 is 10.9 Å². The summed E-state index contributed by atoms with van der Waals surface area (Å²) in [4.78, 5) is 14.4. The highest BCUT2D eigenvalue weighted by Gasteiger charge is 2.41. The molecule has 3 atom stereocenters. The number of piperidine rings is 1. The molecule has 0 aliphatic carbocycles. The van der Waals surface area contributed by atoms with Crippen molar-refractivity contribution in [2.24, 2.45) is 5.92 Å². The fraction of sp³-hybridized carbons (Fsp3) is 0.400. The van der Waals surface area contributed by atoms with Gasteiger partial charge in [0.15, 0.2) is 5.69 Å². The average Bonchev–Trinajstić information content (AvgIpc) is 3.24. The minimum absolute atomic E-state index is 0.0287. The Morgan fingerprint density at radius 3 is 2.87 bits per heavy atom. The van der Waals surface area contributed by atoms with E-state index >= 15 is 0 Å². The molecule has 8 heteroatoms. The molecule has 6 nitrogen and oxygen atoms in total. The van der Waals surface area contributed by atoms with Crippen LogP contribution in [0.25, 0.3) is 0 Å². The Morgan fingerprint density at radius 2 is 2.13 bits per heavy atom. The summed E-state index contributed by atoms with van der Waals surface area (Å²) in [5.41, 5.74) is 8.36. The summed E-state index contributed by atoms with van der Waals surface area (Å²) in [6, 6.07) is 8.41. The fourth-order valence-electron chi connectivity index (χ4n) is 3.41. The van der Waals surface area contributed by atoms with Crippen molar-refractivity contribution >= 4 is 29.0 Å². The first-order valence-electron chi connectivity index (χ1n) is 7.55. The van der Waals surface area contributed by atoms with E-state index in [1.54, 1.807) is 5.38 Å². The number of aromatic nitrogens is 2. The number of benzene rings is 1. The molecule has 4 rings (SSSR count). The lowest BCUT2D eigenvalue weighted by atomic mass is 9.85. The molecule has 2 aliphatic rings. The maximum Gasteiger partial charge on any atom is 0.275 e. The standard InChI is InChI=1S/C15H16ClN5OS/c16-10-3-1-9(2-4-10)14-11-7-21(6-5-12(11)17-19-14)15(22)13-8-23-20-18-13/h1-4,8,11-12,14,17,19H,5-7H2. The van der Waals surface area contributed by atoms with Crippen molar-refractivity contribution in [1.82, 2.24) is 25.3 Å². The monoisotopic (exact) mass is 349 g/mol. The van der Waals surface area contributed by atoms with Gasteiger partial charge in [0.25, 0.3) is 5.91 Å². The average molecular weight is 350 g/mol. The third-order valence-electron chi connectivity index (χ3n) is 4.61. The van der Waals surface area contributed by atoms with Gasteiger partial charge in [-0.15, -0.1) is 5.10 Å². The zero-order valence-corrected chi connectivity index (χ0v) is 13.8. The Hall–Kier alpha value is -1.54. The molecule has 2 saturated heterocycles. The maximum absolute atomic E-state index is 12.5. The Kier molecular flexibility index (Phi) is 4.02. The number of hydrazine groups is 1. The molecule has 2 N–H and O–H groups in total. The summed E-state index contributed by atoms with van der Waals surface area (Å²) in [7, 11) is 0. The molecule has 120 valence electrons. The summed E-state index contributed by atoms with van der Waals surface area (Å²) < 4.78 is 3.78. The van der Waals surface area contributed by atoms with E-state index < -0.39 is 0 Å². The molecule has 2 aliphatic heterocycles. The number of nitrogens with one attached hydrogen (secondary N) is 2. The lowest BCUT2D eigenvalue weighted by Gasteiger charge is -2.35. The number of likely N-dealkylation sites (tertiary alicyclic amines) is 1. The molecule has 1 amide bonds. The van der Waals surface area contributed by atoms with Crippen molar-refractivity contribution in [2.45, 2.75) is 18.5 Å². The molecule has 0 bridgehead atoms. The van der Waals surface area contributed by atoms with E-state index in [1.807, 2.05) is 29.2 Å². The topological polar surface area (TPSA) is 70.2 Å². The molecule has 1 aromatic carbocycles. The van der Waals surface area contributed by atoms with E-state index in [1.165, 1.54) is 17.1 Å². The normalized spacial score (nSPS) is 27.0. The number of carbonyl (C=O) groups is 1. The second-order valence-corrected chi connectivity index (χ2v) is 6.96. The molecule has 0 saturated carbocycles. The lowest BCUT2D eigenvalue weighted by molar-refractivity contribution is 0.0646. The molecule has 2 fully saturated rings. The van der Waals surface area contributed by atoms with Gasteiger partial charge in [0.1, 0.15) is 0 Å². The minimum atomic E-state index is -0.0287. The molecule has 2 aromatic rings. The smallest absolute Gasteiger partial charge is 0.275 e. The Bertz CT molecular complexity index is 692. The summed E-state index contributed by atoms with van der Waals surface area (Å²) in [5, 5.41) is 6.33. The third kappa shape index (κ3) is 2.85. The van der Waals surface area contributed by atoms with Crippen LogP contribution in [0.4, 0.5) is 0 Å². The number of hydrogen-bond acceptors (Lipinski definition) is 6. The molecule has 0 radical (unpaired) electrons. The number of rotatable bonds is 2. The first-order chi connectivity index (χ1) is 11.2. The van der Waals surface area contributed by atoms with E-state index in [0.29, 0.717) is 24.2 Å². The summed E-state index contributed by atoms with van der Waals surface area (Å²) >= 11 is 7.18. The first kappa shape index (κ1) is 15.0. The van der Waals surface area contributed by atoms with Crippen molar-refractivity contribution in [1.29, 1.82) is 0 Å². The quantitative estimate of drug-likeness (QED) is 0.866. The highest BCUT2D eigenvalue weighted by Crippen LogP contribution is 2.34. The van der Waals surface area contributed by atoms with Gasteiger partial charge in [-0.05, 0) is 35.6 Å². The van der Waals surface area contributed by atoms with Gasteiger partial charge in [-0.25, -0.2) is 5.43 Å². The highest BCUT2D eigenvalue weighted by atomic mass is 35.5. The molecule has 23 heavy (non-hydrogen) atoms. The van der Waals surface area contributed by atoms with Gasteiger partial charge in [0.05, 0.1) is 6.04 Å². The largest absolute Gasteiger partial charge is 0.337 e. The van der Waals surface area contributed by atoms with Crippen molar-refractivity contribution in [2.75, 3.05) is 13.1 Å². The zero-order chi connectivity index (χ0) is 15.8. The van der Waals surface area contributed by atoms with Crippen LogP contribution in [0.15, 0.2) is 29.6 Å². The second-order valence-electron chi connectivity index (χ2n) is 5.92. The Labute approximate surface area is 143 Å². The fourth-order valence-corrected chi connectivity index (χ4v) is 3.96. The predicted molar refractivity (Wildman–Crippen MR) is 88.2 cm³/mol. The van der Waals surface area contributed by atoms with E-state index in [4.69, 9.17) is 11.6 Å². The van der Waals surface area contributed by atoms with Crippen LogP contribution in [0.5, 0.6) is 0 Å². The van der Waals surface area contributed by atoms with Gasteiger partial charge in [0.2, 0.25) is 0 Å². The summed E-state index contributed by atoms with van der Waals surface area (Å²) in [6.07, 6.45) is 0.922. The highest BCUT2D eigenvalue weighted by molar-refractivity contribution is 7.03. The van der Waals surface area contributed by atoms with Gasteiger partial charge in [-0.3, -0.25) is 10.2 Å². The van der Waals surface area contributed by atoms with Gasteiger partial charge >= 0.3 is 0 Å². The van der Waals surface area contributed by atoms with Crippen molar-refractivity contribution < 1.29 is 4.79 Å². The van der Waals surface area contributed by atoms with Gasteiger partial charge in [-0.1, -0.05) is 28.2 Å². The number of nitrogens with zero attached hydrogens (tertiary/aromatic N) is 3. The molecule has 0 spiro atoms. The maximum atomic E-state index is 12.5. The second kappa shape index (κ2) is 6.16. The van der Waals surface area contributed by atoms with Gasteiger partial charge in [-0.2, -0.15) is 0 Å². The number of amides is 1. The minimum Gasteiger partial charge on any atom is -0.337 e. The lowest BCUT2D eigenvalue weighted by Crippen LogP contribution is -2.47. The number of carbonyl (C=O) groups excluding carboxylic acids is 1. The molecule has 1 aromatic heterocycles. The van der Waals surface area contributed by atoms with E-state index in [0.717, 1.165) is 18.0 Å². The molecular weight excluding hydrogens is 334 g/mol. The van der Waals surface area contributed by atoms with E-state index in [9.17, 15) is 4.79 Å². The van der Waals surface area contributed by atoms with Crippen LogP contribution in [0.3, 0.4) is 0 Å². The van der Waals surface area contributed by atoms with Crippen molar-refractivity contribution in [3.05, 3.63) is 45.9 Å². The van der Waals surface area contributed by atoms with E-state index in [2.05, 4.69) is 20.4 Å². The molecule has 3 heterocycles. The van der Waals surface area contributed by atoms with Crippen LogP contribution in [0, 0.1) is 5.92 Å². The van der Waals surface area contributed by atoms with Gasteiger partial charge < -0.3 is 4.90 Å². The summed E-state index contributed by atoms with van der Waals surface area (Å²) in [6.45, 7) is 1.44. The molecular formula is C15H16ClN5OS. The van der Waals surface area contributed by atoms with E-state index in [-0.39, 0.29) is 11.9 Å². The van der Waals surface area contributed by atoms with Crippen molar-refractivity contribution in [3.63, 3.8) is 0 Å². The van der Waals surface area contributed by atoms with Crippen LogP contribution in [0.1, 0.15) is 28.5 Å². The Balaban J connectivity index is 1.53. The zero-order valence-electron chi connectivity index (χ0n) is 12.3. The number of hydrogen-bond donors (Lipinski definition) is 2. The molecule has 3 unspecified atom stereocenters. The predicted octanol–water partition coefficient (Wildman–Crippen LogP) is 1.87. The van der Waals surface area contributed by atoms with Crippen LogP contribution in [-0.2, 0) is 0 Å². The number of fused-ring (bicyclic) bond motifs is 1. The first-order valence-corrected chi connectivity index (χ1v) is 8.76. The van der Waals surface area contributed by atoms with Gasteiger partial charge in [0, 0.05) is 35.5 Å². The van der Waals surface area contributed by atoms with Crippen LogP contribution >= 0.6 is 23.1 Å². The van der Waals surface area contributed by atoms with Crippen LogP contribution in [0.2, 0.25) is 5.02 Å². The van der Waals surface area contributed by atoms with Crippen molar-refractivity contribution in [3.8, 4) is 0 Å². The number of halogens is 1.